The molecule has 0 radical (unpaired) electrons. The van der Waals surface area contributed by atoms with Crippen molar-refractivity contribution in [3.8, 4) is 11.1 Å². The van der Waals surface area contributed by atoms with Gasteiger partial charge in [0, 0.05) is 28.8 Å². The molecule has 1 fully saturated rings. The second-order valence-corrected chi connectivity index (χ2v) is 7.28. The van der Waals surface area contributed by atoms with Gasteiger partial charge in [0.15, 0.2) is 0 Å². The molecule has 2 aromatic rings. The summed E-state index contributed by atoms with van der Waals surface area (Å²) in [4.78, 5) is 1.80. The maximum atomic E-state index is 14.4. The number of hydrogen-bond acceptors (Lipinski definition) is 2. The Hall–Kier alpha value is -1.40. The van der Waals surface area contributed by atoms with Gasteiger partial charge in [0.05, 0.1) is 6.54 Å². The largest absolute Gasteiger partial charge is 0.385 e. The summed E-state index contributed by atoms with van der Waals surface area (Å²) in [5.74, 6) is -2.41. The molecule has 1 aliphatic rings. The van der Waals surface area contributed by atoms with Crippen molar-refractivity contribution >= 4 is 21.7 Å². The normalized spacial score (nSPS) is 21.2. The molecule has 1 aliphatic heterocycles. The van der Waals surface area contributed by atoms with Gasteiger partial charge in [0.2, 0.25) is 0 Å². The average Bonchev–Trinajstić information content (AvgIpc) is 2.99. The summed E-state index contributed by atoms with van der Waals surface area (Å²) in [6, 6.07) is 8.66. The van der Waals surface area contributed by atoms with Gasteiger partial charge in [0.25, 0.3) is 5.92 Å². The van der Waals surface area contributed by atoms with Crippen molar-refractivity contribution < 1.29 is 8.78 Å². The van der Waals surface area contributed by atoms with Crippen LogP contribution < -0.4 is 5.73 Å². The lowest BCUT2D eigenvalue weighted by Gasteiger charge is -2.21. The smallest absolute Gasteiger partial charge is 0.282 e. The van der Waals surface area contributed by atoms with Gasteiger partial charge in [-0.05, 0) is 37.6 Å². The van der Waals surface area contributed by atoms with Crippen LogP contribution in [0.4, 0.5) is 14.6 Å². The third-order valence-electron chi connectivity index (χ3n) is 4.43. The molecule has 0 spiro atoms. The highest BCUT2D eigenvalue weighted by atomic mass is 79.9. The minimum Gasteiger partial charge on any atom is -0.385 e. The molecule has 1 aromatic heterocycles. The summed E-state index contributed by atoms with van der Waals surface area (Å²) in [5, 5.41) is 0. The van der Waals surface area contributed by atoms with E-state index in [-0.39, 0.29) is 12.6 Å². The summed E-state index contributed by atoms with van der Waals surface area (Å²) in [6.45, 7) is 3.96. The molecule has 1 aromatic carbocycles. The molecule has 1 unspecified atom stereocenters. The number of likely N-dealkylation sites (tertiary alicyclic amines) is 1. The fourth-order valence-corrected chi connectivity index (χ4v) is 3.31. The van der Waals surface area contributed by atoms with Gasteiger partial charge in [0.1, 0.15) is 11.9 Å². The predicted octanol–water partition coefficient (Wildman–Crippen LogP) is 4.40. The lowest BCUT2D eigenvalue weighted by molar-refractivity contribution is -0.0224. The first-order chi connectivity index (χ1) is 10.8. The number of rotatable bonds is 3. The first-order valence-corrected chi connectivity index (χ1v) is 8.42. The van der Waals surface area contributed by atoms with Crippen molar-refractivity contribution in [2.24, 2.45) is 0 Å². The monoisotopic (exact) mass is 383 g/mol. The van der Waals surface area contributed by atoms with Crippen LogP contribution in [0.1, 0.15) is 19.9 Å². The molecule has 23 heavy (non-hydrogen) atoms. The number of nitrogens with two attached hydrogens (primary N) is 1. The minimum atomic E-state index is -2.78. The van der Waals surface area contributed by atoms with Gasteiger partial charge in [-0.15, -0.1) is 0 Å². The highest BCUT2D eigenvalue weighted by Gasteiger charge is 2.50. The van der Waals surface area contributed by atoms with Crippen LogP contribution >= 0.6 is 15.9 Å². The number of anilines is 1. The molecule has 0 bridgehead atoms. The summed E-state index contributed by atoms with van der Waals surface area (Å²) >= 11 is 3.39. The third kappa shape index (κ3) is 3.15. The molecular formula is C17H20BrF2N3. The molecule has 2 N–H and O–H groups in total. The van der Waals surface area contributed by atoms with Crippen LogP contribution in [0.3, 0.4) is 0 Å². The Morgan fingerprint density at radius 3 is 2.43 bits per heavy atom. The van der Waals surface area contributed by atoms with Crippen LogP contribution in [-0.2, 0) is 0 Å². The molecule has 0 amide bonds. The Morgan fingerprint density at radius 2 is 1.87 bits per heavy atom. The first kappa shape index (κ1) is 16.5. The molecule has 3 nitrogen and oxygen atoms in total. The Bertz CT molecular complexity index is 694. The fourth-order valence-electron chi connectivity index (χ4n) is 3.05. The van der Waals surface area contributed by atoms with E-state index in [1.54, 1.807) is 17.2 Å². The standard InChI is InChI=1S/C17H20BrF2N3/c1-11(2)22-9-15(17(19,20)10-22)23-8-13(7-16(23)21)12-3-5-14(18)6-4-12/h3-8,11,15H,9-10,21H2,1-2H3. The lowest BCUT2D eigenvalue weighted by atomic mass is 10.1. The van der Waals surface area contributed by atoms with Crippen molar-refractivity contribution in [1.29, 1.82) is 0 Å². The highest BCUT2D eigenvalue weighted by molar-refractivity contribution is 9.10. The summed E-state index contributed by atoms with van der Waals surface area (Å²) < 4.78 is 31.4. The number of benzene rings is 1. The van der Waals surface area contributed by atoms with Crippen molar-refractivity contribution in [3.05, 3.63) is 41.0 Å². The van der Waals surface area contributed by atoms with Crippen LogP contribution in [0.5, 0.6) is 0 Å². The summed E-state index contributed by atoms with van der Waals surface area (Å²) in [6.07, 6.45) is 1.74. The summed E-state index contributed by atoms with van der Waals surface area (Å²) in [7, 11) is 0. The van der Waals surface area contributed by atoms with Crippen molar-refractivity contribution in [2.45, 2.75) is 31.9 Å². The topological polar surface area (TPSA) is 34.2 Å². The van der Waals surface area contributed by atoms with Crippen molar-refractivity contribution in [1.82, 2.24) is 9.47 Å². The maximum absolute atomic E-state index is 14.4. The lowest BCUT2D eigenvalue weighted by Crippen LogP contribution is -2.31. The van der Waals surface area contributed by atoms with Gasteiger partial charge in [-0.25, -0.2) is 8.78 Å². The van der Waals surface area contributed by atoms with Gasteiger partial charge in [-0.3, -0.25) is 4.90 Å². The number of alkyl halides is 2. The SMILES string of the molecule is CC(C)N1CC(n2cc(-c3ccc(Br)cc3)cc2N)C(F)(F)C1. The van der Waals surface area contributed by atoms with E-state index < -0.39 is 12.0 Å². The second-order valence-electron chi connectivity index (χ2n) is 6.37. The zero-order valence-electron chi connectivity index (χ0n) is 13.1. The molecule has 2 heterocycles. The maximum Gasteiger partial charge on any atom is 0.282 e. The Morgan fingerprint density at radius 1 is 1.22 bits per heavy atom. The first-order valence-electron chi connectivity index (χ1n) is 7.63. The van der Waals surface area contributed by atoms with Crippen LogP contribution in [0.25, 0.3) is 11.1 Å². The van der Waals surface area contributed by atoms with Crippen LogP contribution in [0.15, 0.2) is 41.0 Å². The molecule has 1 saturated heterocycles. The number of nitrogens with zero attached hydrogens (tertiary/aromatic N) is 2. The van der Waals surface area contributed by atoms with Crippen LogP contribution in [0, 0.1) is 0 Å². The average molecular weight is 384 g/mol. The van der Waals surface area contributed by atoms with E-state index in [9.17, 15) is 8.78 Å². The molecule has 3 rings (SSSR count). The van der Waals surface area contributed by atoms with Crippen LogP contribution in [0.2, 0.25) is 0 Å². The zero-order valence-corrected chi connectivity index (χ0v) is 14.7. The van der Waals surface area contributed by atoms with Gasteiger partial charge < -0.3 is 10.3 Å². The van der Waals surface area contributed by atoms with Crippen molar-refractivity contribution in [2.75, 3.05) is 18.8 Å². The van der Waals surface area contributed by atoms with Gasteiger partial charge in [-0.2, -0.15) is 0 Å². The number of halogens is 3. The van der Waals surface area contributed by atoms with Crippen molar-refractivity contribution in [3.63, 3.8) is 0 Å². The number of aromatic nitrogens is 1. The zero-order chi connectivity index (χ0) is 16.8. The van der Waals surface area contributed by atoms with E-state index in [4.69, 9.17) is 5.73 Å². The van der Waals surface area contributed by atoms with E-state index in [1.807, 2.05) is 38.1 Å². The van der Waals surface area contributed by atoms with E-state index in [0.29, 0.717) is 12.4 Å². The third-order valence-corrected chi connectivity index (χ3v) is 4.96. The Balaban J connectivity index is 1.93. The van der Waals surface area contributed by atoms with E-state index >= 15 is 0 Å². The van der Waals surface area contributed by atoms with E-state index in [2.05, 4.69) is 15.9 Å². The van der Waals surface area contributed by atoms with Gasteiger partial charge in [-0.1, -0.05) is 28.1 Å². The molecule has 0 saturated carbocycles. The molecule has 6 heteroatoms. The Kier molecular flexibility index (Phi) is 4.23. The Labute approximate surface area is 143 Å². The summed E-state index contributed by atoms with van der Waals surface area (Å²) in [5.41, 5.74) is 7.85. The van der Waals surface area contributed by atoms with E-state index in [0.717, 1.165) is 15.6 Å². The molecule has 1 atom stereocenters. The van der Waals surface area contributed by atoms with E-state index in [1.165, 1.54) is 4.57 Å². The highest BCUT2D eigenvalue weighted by Crippen LogP contribution is 2.40. The minimum absolute atomic E-state index is 0.0913. The molecule has 0 aliphatic carbocycles. The fraction of sp³-hybridized carbons (Fsp3) is 0.412. The quantitative estimate of drug-likeness (QED) is 0.851. The van der Waals surface area contributed by atoms with Gasteiger partial charge >= 0.3 is 0 Å². The second kappa shape index (κ2) is 5.91. The predicted molar refractivity (Wildman–Crippen MR) is 92.7 cm³/mol. The molecule has 124 valence electrons. The number of nitrogen functional groups attached to an aromatic ring is 1. The van der Waals surface area contributed by atoms with Crippen LogP contribution in [-0.4, -0.2) is 34.5 Å². The number of hydrogen-bond donors (Lipinski definition) is 1. The molecular weight excluding hydrogens is 364 g/mol.